The van der Waals surface area contributed by atoms with Crippen molar-refractivity contribution in [2.75, 3.05) is 13.2 Å². The van der Waals surface area contributed by atoms with Gasteiger partial charge in [-0.05, 0) is 23.1 Å². The molecule has 0 spiro atoms. The van der Waals surface area contributed by atoms with Crippen molar-refractivity contribution in [2.45, 2.75) is 31.8 Å². The molecule has 0 saturated heterocycles. The Morgan fingerprint density at radius 3 is 1.88 bits per heavy atom. The van der Waals surface area contributed by atoms with Crippen LogP contribution in [0.5, 0.6) is 0 Å². The highest BCUT2D eigenvalue weighted by molar-refractivity contribution is 5.88. The van der Waals surface area contributed by atoms with Crippen LogP contribution < -0.4 is 5.32 Å². The lowest BCUT2D eigenvalue weighted by Crippen LogP contribution is -2.51. The van der Waals surface area contributed by atoms with Crippen molar-refractivity contribution in [3.63, 3.8) is 0 Å². The Hall–Kier alpha value is -3.44. The number of hydrogen-bond acceptors (Lipinski definition) is 3. The molecule has 0 radical (unpaired) electrons. The summed E-state index contributed by atoms with van der Waals surface area (Å²) in [6.45, 7) is 0.717. The number of benzene rings is 3. The number of nitrogens with one attached hydrogen (secondary N) is 1. The Labute approximate surface area is 189 Å². The quantitative estimate of drug-likeness (QED) is 0.458. The van der Waals surface area contributed by atoms with Crippen molar-refractivity contribution < 1.29 is 14.7 Å². The summed E-state index contributed by atoms with van der Waals surface area (Å²) in [4.78, 5) is 28.4. The van der Waals surface area contributed by atoms with E-state index < -0.39 is 6.04 Å². The molecule has 1 atom stereocenters. The molecule has 0 fully saturated rings. The molecule has 0 aliphatic rings. The number of aliphatic hydroxyl groups is 1. The van der Waals surface area contributed by atoms with Crippen LogP contribution in [0.4, 0.5) is 0 Å². The van der Waals surface area contributed by atoms with E-state index in [-0.39, 0.29) is 24.8 Å². The minimum Gasteiger partial charge on any atom is -0.396 e. The van der Waals surface area contributed by atoms with Gasteiger partial charge in [-0.2, -0.15) is 0 Å². The first-order chi connectivity index (χ1) is 15.7. The van der Waals surface area contributed by atoms with E-state index in [0.29, 0.717) is 25.9 Å². The van der Waals surface area contributed by atoms with Crippen LogP contribution >= 0.6 is 0 Å². The van der Waals surface area contributed by atoms with Gasteiger partial charge in [0.15, 0.2) is 0 Å². The average molecular weight is 431 g/mol. The molecule has 2 N–H and O–H groups in total. The molecule has 32 heavy (non-hydrogen) atoms. The zero-order chi connectivity index (χ0) is 22.6. The van der Waals surface area contributed by atoms with Gasteiger partial charge in [-0.15, -0.1) is 0 Å². The molecule has 0 aromatic heterocycles. The van der Waals surface area contributed by atoms with Gasteiger partial charge in [0.25, 0.3) is 0 Å². The largest absolute Gasteiger partial charge is 0.396 e. The molecule has 0 bridgehead atoms. The number of aliphatic hydroxyl groups excluding tert-OH is 1. The Kier molecular flexibility index (Phi) is 9.02. The average Bonchev–Trinajstić information content (AvgIpc) is 2.83. The summed E-state index contributed by atoms with van der Waals surface area (Å²) in [6.07, 6.45) is 1.11. The lowest BCUT2D eigenvalue weighted by atomic mass is 10.0. The molecule has 0 aliphatic heterocycles. The lowest BCUT2D eigenvalue weighted by molar-refractivity contribution is -0.140. The van der Waals surface area contributed by atoms with Gasteiger partial charge in [-0.25, -0.2) is 0 Å². The van der Waals surface area contributed by atoms with Crippen LogP contribution in [-0.4, -0.2) is 41.0 Å². The predicted octanol–water partition coefficient (Wildman–Crippen LogP) is 3.37. The number of amides is 2. The summed E-state index contributed by atoms with van der Waals surface area (Å²) >= 11 is 0. The van der Waals surface area contributed by atoms with E-state index in [9.17, 15) is 9.59 Å². The number of carbonyl (C=O) groups excluding carboxylic acids is 2. The summed E-state index contributed by atoms with van der Waals surface area (Å²) in [5.74, 6) is -0.307. The second kappa shape index (κ2) is 12.4. The highest BCUT2D eigenvalue weighted by Gasteiger charge is 2.30. The van der Waals surface area contributed by atoms with Crippen molar-refractivity contribution in [1.29, 1.82) is 0 Å². The third kappa shape index (κ3) is 7.06. The van der Waals surface area contributed by atoms with Gasteiger partial charge < -0.3 is 15.3 Å². The summed E-state index contributed by atoms with van der Waals surface area (Å²) in [7, 11) is 0. The highest BCUT2D eigenvalue weighted by atomic mass is 16.3. The highest BCUT2D eigenvalue weighted by Crippen LogP contribution is 2.16. The van der Waals surface area contributed by atoms with Gasteiger partial charge in [-0.1, -0.05) is 91.0 Å². The maximum Gasteiger partial charge on any atom is 0.243 e. The van der Waals surface area contributed by atoms with Crippen molar-refractivity contribution in [3.8, 4) is 0 Å². The summed E-state index contributed by atoms with van der Waals surface area (Å²) < 4.78 is 0. The molecule has 2 amide bonds. The summed E-state index contributed by atoms with van der Waals surface area (Å²) in [6, 6.07) is 28.4. The molecule has 0 unspecified atom stereocenters. The molecule has 0 heterocycles. The second-order valence-electron chi connectivity index (χ2n) is 7.74. The fourth-order valence-electron chi connectivity index (χ4n) is 3.61. The van der Waals surface area contributed by atoms with Crippen molar-refractivity contribution in [2.24, 2.45) is 0 Å². The molecule has 5 nitrogen and oxygen atoms in total. The van der Waals surface area contributed by atoms with E-state index in [1.54, 1.807) is 4.90 Å². The maximum atomic E-state index is 13.5. The number of hydrogen-bond donors (Lipinski definition) is 2. The lowest BCUT2D eigenvalue weighted by Gasteiger charge is -2.31. The van der Waals surface area contributed by atoms with Crippen LogP contribution in [-0.2, 0) is 29.0 Å². The topological polar surface area (TPSA) is 69.6 Å². The monoisotopic (exact) mass is 430 g/mol. The normalized spacial score (nSPS) is 11.5. The Balaban J connectivity index is 1.90. The minimum absolute atomic E-state index is 0.00427. The van der Waals surface area contributed by atoms with Gasteiger partial charge >= 0.3 is 0 Å². The molecule has 3 aromatic rings. The fraction of sp³-hybridized carbons (Fsp3) is 0.259. The first-order valence-corrected chi connectivity index (χ1v) is 11.0. The van der Waals surface area contributed by atoms with E-state index in [0.717, 1.165) is 16.7 Å². The first-order valence-electron chi connectivity index (χ1n) is 11.0. The van der Waals surface area contributed by atoms with Crippen LogP contribution in [0.15, 0.2) is 91.0 Å². The zero-order valence-corrected chi connectivity index (χ0v) is 18.2. The van der Waals surface area contributed by atoms with Crippen LogP contribution in [0.3, 0.4) is 0 Å². The van der Waals surface area contributed by atoms with Gasteiger partial charge in [0.2, 0.25) is 11.8 Å². The Bertz CT molecular complexity index is 962. The molecule has 3 rings (SSSR count). The van der Waals surface area contributed by atoms with Crippen molar-refractivity contribution >= 4 is 11.8 Å². The smallest absolute Gasteiger partial charge is 0.243 e. The van der Waals surface area contributed by atoms with Gasteiger partial charge in [0, 0.05) is 26.1 Å². The third-order valence-corrected chi connectivity index (χ3v) is 5.30. The first kappa shape index (κ1) is 23.2. The molecule has 0 saturated carbocycles. The summed E-state index contributed by atoms with van der Waals surface area (Å²) in [5.41, 5.74) is 2.87. The van der Waals surface area contributed by atoms with Crippen LogP contribution in [0.25, 0.3) is 0 Å². The number of carbonyl (C=O) groups is 2. The van der Waals surface area contributed by atoms with Crippen LogP contribution in [0, 0.1) is 0 Å². The molecule has 0 aliphatic carbocycles. The molecule has 166 valence electrons. The predicted molar refractivity (Wildman–Crippen MR) is 126 cm³/mol. The minimum atomic E-state index is -0.660. The molecule has 5 heteroatoms. The van der Waals surface area contributed by atoms with E-state index in [2.05, 4.69) is 5.32 Å². The third-order valence-electron chi connectivity index (χ3n) is 5.30. The standard InChI is InChI=1S/C27H30N2O3/c30-18-10-17-28-27(32)25(19-22-11-4-1-5-12-22)29(21-24-15-8-3-9-16-24)26(31)20-23-13-6-2-7-14-23/h1-9,11-16,25,30H,10,17-21H2,(H,28,32)/t25-/m0/s1. The van der Waals surface area contributed by atoms with E-state index in [4.69, 9.17) is 5.11 Å². The van der Waals surface area contributed by atoms with Gasteiger partial charge in [-0.3, -0.25) is 9.59 Å². The Morgan fingerprint density at radius 1 is 0.781 bits per heavy atom. The zero-order valence-electron chi connectivity index (χ0n) is 18.2. The van der Waals surface area contributed by atoms with Gasteiger partial charge in [0.1, 0.15) is 6.04 Å². The van der Waals surface area contributed by atoms with Crippen LogP contribution in [0.1, 0.15) is 23.1 Å². The fourth-order valence-corrected chi connectivity index (χ4v) is 3.61. The number of rotatable bonds is 11. The van der Waals surface area contributed by atoms with Gasteiger partial charge in [0.05, 0.1) is 6.42 Å². The molecular formula is C27H30N2O3. The molecule has 3 aromatic carbocycles. The number of nitrogens with zero attached hydrogens (tertiary/aromatic N) is 1. The molecular weight excluding hydrogens is 400 g/mol. The van der Waals surface area contributed by atoms with Crippen molar-refractivity contribution in [1.82, 2.24) is 10.2 Å². The maximum absolute atomic E-state index is 13.5. The second-order valence-corrected chi connectivity index (χ2v) is 7.74. The van der Waals surface area contributed by atoms with Crippen molar-refractivity contribution in [3.05, 3.63) is 108 Å². The van der Waals surface area contributed by atoms with E-state index in [1.807, 2.05) is 91.0 Å². The SMILES string of the molecule is O=C(NCCCO)[C@H](Cc1ccccc1)N(Cc1ccccc1)C(=O)Cc1ccccc1. The van der Waals surface area contributed by atoms with E-state index >= 15 is 0 Å². The van der Waals surface area contributed by atoms with E-state index in [1.165, 1.54) is 0 Å². The van der Waals surface area contributed by atoms with Crippen LogP contribution in [0.2, 0.25) is 0 Å². The Morgan fingerprint density at radius 2 is 1.31 bits per heavy atom. The summed E-state index contributed by atoms with van der Waals surface area (Å²) in [5, 5.41) is 12.0.